The first-order valence-corrected chi connectivity index (χ1v) is 7.16. The Kier molecular flexibility index (Phi) is 4.31. The quantitative estimate of drug-likeness (QED) is 0.788. The van der Waals surface area contributed by atoms with Gasteiger partial charge in [-0.2, -0.15) is 0 Å². The van der Waals surface area contributed by atoms with Crippen LogP contribution in [0.1, 0.15) is 6.92 Å². The summed E-state index contributed by atoms with van der Waals surface area (Å²) in [4.78, 5) is 15.1. The molecule has 2 heterocycles. The standard InChI is InChI=1S/C11H19N5O2S/c1-8-6-14(2)4-5-16(8)10-12-13-11(15(10)3)19-7-9(17)18/h8H,4-7H2,1-3H3,(H,17,18). The SMILES string of the molecule is CC1CN(C)CCN1c1nnc(SCC(=O)O)n1C. The van der Waals surface area contributed by atoms with E-state index >= 15 is 0 Å². The van der Waals surface area contributed by atoms with Gasteiger partial charge in [-0.15, -0.1) is 10.2 Å². The predicted octanol–water partition coefficient (Wildman–Crippen LogP) is 0.132. The van der Waals surface area contributed by atoms with Crippen LogP contribution in [-0.2, 0) is 11.8 Å². The predicted molar refractivity (Wildman–Crippen MR) is 73.7 cm³/mol. The number of aromatic nitrogens is 3. The Morgan fingerprint density at radius 3 is 2.79 bits per heavy atom. The van der Waals surface area contributed by atoms with Crippen LogP contribution in [0.25, 0.3) is 0 Å². The summed E-state index contributed by atoms with van der Waals surface area (Å²) in [6.07, 6.45) is 0. The average Bonchev–Trinajstić information content (AvgIpc) is 2.68. The molecule has 1 fully saturated rings. The highest BCUT2D eigenvalue weighted by Crippen LogP contribution is 2.23. The molecule has 1 aromatic rings. The smallest absolute Gasteiger partial charge is 0.313 e. The zero-order valence-corrected chi connectivity index (χ0v) is 12.2. The van der Waals surface area contributed by atoms with Gasteiger partial charge in [0.1, 0.15) is 0 Å². The molecule has 0 amide bonds. The first kappa shape index (κ1) is 14.1. The number of likely N-dealkylation sites (N-methyl/N-ethyl adjacent to an activating group) is 1. The molecule has 0 aromatic carbocycles. The first-order valence-electron chi connectivity index (χ1n) is 6.18. The number of aliphatic carboxylic acids is 1. The molecule has 1 saturated heterocycles. The van der Waals surface area contributed by atoms with Crippen LogP contribution < -0.4 is 4.90 Å². The lowest BCUT2D eigenvalue weighted by atomic mass is 10.2. The molecular formula is C11H19N5O2S. The van der Waals surface area contributed by atoms with E-state index in [9.17, 15) is 4.79 Å². The van der Waals surface area contributed by atoms with Crippen molar-refractivity contribution in [3.05, 3.63) is 0 Å². The van der Waals surface area contributed by atoms with Crippen LogP contribution in [0.4, 0.5) is 5.95 Å². The second kappa shape index (κ2) is 5.79. The van der Waals surface area contributed by atoms with E-state index in [1.807, 2.05) is 11.6 Å². The molecule has 0 saturated carbocycles. The van der Waals surface area contributed by atoms with E-state index in [0.29, 0.717) is 11.2 Å². The fourth-order valence-corrected chi connectivity index (χ4v) is 2.87. The van der Waals surface area contributed by atoms with E-state index < -0.39 is 5.97 Å². The van der Waals surface area contributed by atoms with E-state index in [0.717, 1.165) is 25.6 Å². The highest BCUT2D eigenvalue weighted by molar-refractivity contribution is 7.99. The largest absolute Gasteiger partial charge is 0.481 e. The molecule has 7 nitrogen and oxygen atoms in total. The minimum absolute atomic E-state index is 0.00423. The molecule has 1 aliphatic rings. The Balaban J connectivity index is 2.10. The van der Waals surface area contributed by atoms with Crippen molar-refractivity contribution < 1.29 is 9.90 Å². The van der Waals surface area contributed by atoms with Crippen LogP contribution in [0.3, 0.4) is 0 Å². The number of rotatable bonds is 4. The van der Waals surface area contributed by atoms with Gasteiger partial charge in [-0.1, -0.05) is 11.8 Å². The van der Waals surface area contributed by atoms with E-state index in [-0.39, 0.29) is 5.75 Å². The zero-order chi connectivity index (χ0) is 14.0. The average molecular weight is 285 g/mol. The number of carbonyl (C=O) groups is 1. The molecule has 0 bridgehead atoms. The summed E-state index contributed by atoms with van der Waals surface area (Å²) < 4.78 is 1.87. The first-order chi connectivity index (χ1) is 8.99. The fourth-order valence-electron chi connectivity index (χ4n) is 2.25. The van der Waals surface area contributed by atoms with Crippen molar-refractivity contribution in [3.63, 3.8) is 0 Å². The Hall–Kier alpha value is -1.28. The maximum Gasteiger partial charge on any atom is 0.313 e. The Bertz CT molecular complexity index is 464. The molecule has 1 aromatic heterocycles. The fraction of sp³-hybridized carbons (Fsp3) is 0.727. The maximum absolute atomic E-state index is 10.6. The van der Waals surface area contributed by atoms with Crippen molar-refractivity contribution >= 4 is 23.7 Å². The molecule has 1 aliphatic heterocycles. The second-order valence-electron chi connectivity index (χ2n) is 4.83. The van der Waals surface area contributed by atoms with Crippen LogP contribution in [0.15, 0.2) is 5.16 Å². The van der Waals surface area contributed by atoms with Crippen LogP contribution >= 0.6 is 11.8 Å². The van der Waals surface area contributed by atoms with Crippen molar-refractivity contribution in [1.82, 2.24) is 19.7 Å². The minimum Gasteiger partial charge on any atom is -0.481 e. The number of thioether (sulfide) groups is 1. The molecular weight excluding hydrogens is 266 g/mol. The summed E-state index contributed by atoms with van der Waals surface area (Å²) in [5, 5.41) is 17.6. The monoisotopic (exact) mass is 285 g/mol. The van der Waals surface area contributed by atoms with Crippen molar-refractivity contribution in [2.75, 3.05) is 37.3 Å². The molecule has 0 radical (unpaired) electrons. The number of piperazine rings is 1. The summed E-state index contributed by atoms with van der Waals surface area (Å²) in [6, 6.07) is 0.374. The van der Waals surface area contributed by atoms with Gasteiger partial charge in [0.15, 0.2) is 5.16 Å². The van der Waals surface area contributed by atoms with E-state index in [1.54, 1.807) is 0 Å². The van der Waals surface area contributed by atoms with Crippen molar-refractivity contribution in [2.24, 2.45) is 7.05 Å². The molecule has 19 heavy (non-hydrogen) atoms. The van der Waals surface area contributed by atoms with Crippen LogP contribution in [-0.4, -0.2) is 69.2 Å². The summed E-state index contributed by atoms with van der Waals surface area (Å²) in [5.41, 5.74) is 0. The van der Waals surface area contributed by atoms with Gasteiger partial charge in [-0.25, -0.2) is 0 Å². The van der Waals surface area contributed by atoms with Crippen LogP contribution in [0.2, 0.25) is 0 Å². The molecule has 0 aliphatic carbocycles. The number of hydrogen-bond donors (Lipinski definition) is 1. The van der Waals surface area contributed by atoms with Gasteiger partial charge in [0.05, 0.1) is 5.75 Å². The topological polar surface area (TPSA) is 74.5 Å². The van der Waals surface area contributed by atoms with Gasteiger partial charge in [-0.05, 0) is 14.0 Å². The van der Waals surface area contributed by atoms with Gasteiger partial charge >= 0.3 is 5.97 Å². The number of carboxylic acids is 1. The number of hydrogen-bond acceptors (Lipinski definition) is 6. The lowest BCUT2D eigenvalue weighted by Gasteiger charge is -2.38. The van der Waals surface area contributed by atoms with Gasteiger partial charge in [-0.3, -0.25) is 9.36 Å². The highest BCUT2D eigenvalue weighted by Gasteiger charge is 2.26. The number of nitrogens with zero attached hydrogens (tertiary/aromatic N) is 5. The summed E-state index contributed by atoms with van der Waals surface area (Å²) in [7, 11) is 3.99. The van der Waals surface area contributed by atoms with Crippen molar-refractivity contribution in [3.8, 4) is 0 Å². The maximum atomic E-state index is 10.6. The van der Waals surface area contributed by atoms with Crippen molar-refractivity contribution in [2.45, 2.75) is 18.1 Å². The third-order valence-electron chi connectivity index (χ3n) is 3.22. The third-order valence-corrected chi connectivity index (χ3v) is 4.23. The number of carboxylic acid groups (broad SMARTS) is 1. The second-order valence-corrected chi connectivity index (χ2v) is 5.77. The van der Waals surface area contributed by atoms with Gasteiger partial charge in [0.2, 0.25) is 5.95 Å². The van der Waals surface area contributed by atoms with Gasteiger partial charge < -0.3 is 14.9 Å². The van der Waals surface area contributed by atoms with Crippen LogP contribution in [0, 0.1) is 0 Å². The van der Waals surface area contributed by atoms with Gasteiger partial charge in [0.25, 0.3) is 0 Å². The molecule has 1 unspecified atom stereocenters. The number of anilines is 1. The molecule has 8 heteroatoms. The Labute approximate surface area is 116 Å². The van der Waals surface area contributed by atoms with E-state index in [1.165, 1.54) is 11.8 Å². The lowest BCUT2D eigenvalue weighted by Crippen LogP contribution is -2.51. The Morgan fingerprint density at radius 2 is 2.16 bits per heavy atom. The summed E-state index contributed by atoms with van der Waals surface area (Å²) in [6.45, 7) is 5.06. The lowest BCUT2D eigenvalue weighted by molar-refractivity contribution is -0.133. The van der Waals surface area contributed by atoms with E-state index in [2.05, 4.69) is 34.0 Å². The molecule has 2 rings (SSSR count). The normalized spacial score (nSPS) is 20.8. The van der Waals surface area contributed by atoms with E-state index in [4.69, 9.17) is 5.11 Å². The molecule has 1 N–H and O–H groups in total. The molecule has 0 spiro atoms. The van der Waals surface area contributed by atoms with Gasteiger partial charge in [0, 0.05) is 32.7 Å². The minimum atomic E-state index is -0.845. The Morgan fingerprint density at radius 1 is 1.42 bits per heavy atom. The van der Waals surface area contributed by atoms with Crippen molar-refractivity contribution in [1.29, 1.82) is 0 Å². The zero-order valence-electron chi connectivity index (χ0n) is 11.4. The third kappa shape index (κ3) is 3.19. The highest BCUT2D eigenvalue weighted by atomic mass is 32.2. The van der Waals surface area contributed by atoms with Crippen LogP contribution in [0.5, 0.6) is 0 Å². The molecule has 106 valence electrons. The summed E-state index contributed by atoms with van der Waals surface area (Å²) in [5.74, 6) is -0.0272. The molecule has 1 atom stereocenters. The summed E-state index contributed by atoms with van der Waals surface area (Å²) >= 11 is 1.19.